The number of pyridine rings is 1. The molecular formula is C22H26ClN3O4. The predicted molar refractivity (Wildman–Crippen MR) is 119 cm³/mol. The lowest BCUT2D eigenvalue weighted by atomic mass is 9.98. The second kappa shape index (κ2) is 8.16. The van der Waals surface area contributed by atoms with Crippen molar-refractivity contribution in [2.75, 3.05) is 0 Å². The zero-order valence-electron chi connectivity index (χ0n) is 17.2. The largest absolute Gasteiger partial charge is 0.506 e. The quantitative estimate of drug-likeness (QED) is 0.506. The van der Waals surface area contributed by atoms with E-state index >= 15 is 0 Å². The molecule has 30 heavy (non-hydrogen) atoms. The molecule has 3 aromatic rings. The highest BCUT2D eigenvalue weighted by molar-refractivity contribution is 5.93. The van der Waals surface area contributed by atoms with Gasteiger partial charge in [-0.1, -0.05) is 13.8 Å². The van der Waals surface area contributed by atoms with Crippen LogP contribution in [0.15, 0.2) is 23.0 Å². The number of carboxylic acid groups (broad SMARTS) is 1. The van der Waals surface area contributed by atoms with Crippen LogP contribution in [-0.2, 0) is 26.4 Å². The maximum Gasteiger partial charge on any atom is 0.345 e. The van der Waals surface area contributed by atoms with Crippen LogP contribution >= 0.6 is 12.4 Å². The number of benzene rings is 1. The van der Waals surface area contributed by atoms with E-state index in [1.807, 2.05) is 13.1 Å². The molecule has 0 saturated carbocycles. The molecule has 0 unspecified atom stereocenters. The Morgan fingerprint density at radius 2 is 2.00 bits per heavy atom. The fraction of sp³-hybridized carbons (Fsp3) is 0.364. The molecule has 160 valence electrons. The van der Waals surface area contributed by atoms with E-state index in [0.29, 0.717) is 23.7 Å². The third kappa shape index (κ3) is 3.59. The molecule has 2 heterocycles. The average molecular weight is 432 g/mol. The summed E-state index contributed by atoms with van der Waals surface area (Å²) in [6.07, 6.45) is 2.05. The minimum atomic E-state index is -1.42. The Labute approximate surface area is 180 Å². The van der Waals surface area contributed by atoms with Crippen molar-refractivity contribution in [2.45, 2.75) is 45.7 Å². The zero-order valence-corrected chi connectivity index (χ0v) is 18.0. The summed E-state index contributed by atoms with van der Waals surface area (Å²) >= 11 is 0. The lowest BCUT2D eigenvalue weighted by Gasteiger charge is -2.13. The maximum absolute atomic E-state index is 12.3. The fourth-order valence-electron chi connectivity index (χ4n) is 4.16. The molecule has 0 spiro atoms. The fourth-order valence-corrected chi connectivity index (χ4v) is 4.16. The first-order valence-electron chi connectivity index (χ1n) is 9.84. The summed E-state index contributed by atoms with van der Waals surface area (Å²) in [7, 11) is 2.05. The van der Waals surface area contributed by atoms with Crippen molar-refractivity contribution in [3.63, 3.8) is 0 Å². The van der Waals surface area contributed by atoms with Gasteiger partial charge in [0.2, 0.25) is 0 Å². The van der Waals surface area contributed by atoms with Gasteiger partial charge in [-0.15, -0.1) is 12.4 Å². The first kappa shape index (κ1) is 21.9. The number of nitrogens with zero attached hydrogens (tertiary/aromatic N) is 1. The SMILES string of the molecule is CC(C)NCc1cc2cc3c(cc2n1C)CCCc1c-3[nH]c(=O)c(C(=O)O)c1O.Cl. The Morgan fingerprint density at radius 1 is 1.27 bits per heavy atom. The Kier molecular flexibility index (Phi) is 5.97. The third-order valence-electron chi connectivity index (χ3n) is 5.70. The summed E-state index contributed by atoms with van der Waals surface area (Å²) in [4.78, 5) is 26.5. The van der Waals surface area contributed by atoms with E-state index in [2.05, 4.69) is 40.8 Å². The van der Waals surface area contributed by atoms with Crippen molar-refractivity contribution < 1.29 is 15.0 Å². The minimum absolute atomic E-state index is 0. The third-order valence-corrected chi connectivity index (χ3v) is 5.70. The van der Waals surface area contributed by atoms with Crippen molar-refractivity contribution in [2.24, 2.45) is 7.05 Å². The van der Waals surface area contributed by atoms with E-state index in [4.69, 9.17) is 0 Å². The lowest BCUT2D eigenvalue weighted by Crippen LogP contribution is -2.22. The number of nitrogens with one attached hydrogen (secondary N) is 2. The lowest BCUT2D eigenvalue weighted by molar-refractivity contribution is 0.0691. The van der Waals surface area contributed by atoms with Crippen LogP contribution in [0, 0.1) is 0 Å². The number of carbonyl (C=O) groups is 1. The number of aromatic nitrogens is 2. The number of hydrogen-bond acceptors (Lipinski definition) is 4. The maximum atomic E-state index is 12.3. The van der Waals surface area contributed by atoms with Crippen LogP contribution in [0.25, 0.3) is 22.2 Å². The van der Waals surface area contributed by atoms with Gasteiger partial charge >= 0.3 is 5.97 Å². The second-order valence-corrected chi connectivity index (χ2v) is 7.99. The van der Waals surface area contributed by atoms with E-state index < -0.39 is 22.8 Å². The molecule has 0 atom stereocenters. The van der Waals surface area contributed by atoms with Crippen molar-refractivity contribution in [3.8, 4) is 17.0 Å². The van der Waals surface area contributed by atoms with Crippen molar-refractivity contribution in [1.82, 2.24) is 14.9 Å². The number of aryl methyl sites for hydroxylation is 2. The number of fused-ring (bicyclic) bond motifs is 4. The van der Waals surface area contributed by atoms with Crippen molar-refractivity contribution >= 4 is 29.3 Å². The second-order valence-electron chi connectivity index (χ2n) is 7.99. The summed E-state index contributed by atoms with van der Waals surface area (Å²) in [5.74, 6) is -1.84. The van der Waals surface area contributed by atoms with Gasteiger partial charge in [0.25, 0.3) is 5.56 Å². The molecule has 0 bridgehead atoms. The minimum Gasteiger partial charge on any atom is -0.506 e. The normalized spacial score (nSPS) is 12.9. The highest BCUT2D eigenvalue weighted by atomic mass is 35.5. The molecular weight excluding hydrogens is 406 g/mol. The molecule has 8 heteroatoms. The number of hydrogen-bond donors (Lipinski definition) is 4. The Hall–Kier alpha value is -2.77. The molecule has 1 aromatic carbocycles. The van der Waals surface area contributed by atoms with Crippen LogP contribution in [-0.4, -0.2) is 31.8 Å². The van der Waals surface area contributed by atoms with Gasteiger partial charge in [-0.3, -0.25) is 4.79 Å². The van der Waals surface area contributed by atoms with E-state index in [1.165, 1.54) is 0 Å². The summed E-state index contributed by atoms with van der Waals surface area (Å²) < 4.78 is 2.17. The zero-order chi connectivity index (χ0) is 20.9. The molecule has 2 aromatic heterocycles. The molecule has 1 aliphatic carbocycles. The molecule has 1 aliphatic rings. The van der Waals surface area contributed by atoms with Crippen LogP contribution in [0.5, 0.6) is 5.75 Å². The number of aromatic amines is 1. The number of aromatic hydroxyl groups is 1. The first-order chi connectivity index (χ1) is 13.8. The number of rotatable bonds is 4. The molecule has 0 amide bonds. The molecule has 0 fully saturated rings. The summed E-state index contributed by atoms with van der Waals surface area (Å²) in [6, 6.07) is 6.68. The van der Waals surface area contributed by atoms with Gasteiger partial charge in [0.1, 0.15) is 5.75 Å². The topological polar surface area (TPSA) is 107 Å². The summed E-state index contributed by atoms with van der Waals surface area (Å²) in [6.45, 7) is 4.97. The monoisotopic (exact) mass is 431 g/mol. The van der Waals surface area contributed by atoms with Crippen LogP contribution in [0.1, 0.15) is 47.4 Å². The van der Waals surface area contributed by atoms with E-state index in [-0.39, 0.29) is 12.4 Å². The van der Waals surface area contributed by atoms with Crippen LogP contribution < -0.4 is 10.9 Å². The molecule has 0 saturated heterocycles. The van der Waals surface area contributed by atoms with E-state index in [0.717, 1.165) is 47.1 Å². The average Bonchev–Trinajstić information content (AvgIpc) is 2.83. The van der Waals surface area contributed by atoms with Gasteiger partial charge in [-0.2, -0.15) is 0 Å². The number of halogens is 1. The smallest absolute Gasteiger partial charge is 0.345 e. The van der Waals surface area contributed by atoms with Gasteiger partial charge in [-0.25, -0.2) is 4.79 Å². The molecule has 7 nitrogen and oxygen atoms in total. The Morgan fingerprint density at radius 3 is 2.67 bits per heavy atom. The van der Waals surface area contributed by atoms with Crippen LogP contribution in [0.4, 0.5) is 0 Å². The highest BCUT2D eigenvalue weighted by Crippen LogP contribution is 2.38. The van der Waals surface area contributed by atoms with Gasteiger partial charge in [0.05, 0.1) is 5.69 Å². The summed E-state index contributed by atoms with van der Waals surface area (Å²) in [5.41, 5.74) is 3.86. The standard InChI is InChI=1S/C22H25N3O4.ClH/c1-11(2)23-10-14-7-13-8-16-12(9-17(13)25(14)3)5-4-6-15-19(16)24-21(27)18(20(15)26)22(28)29;/h7-9,11,23H,4-6,10H2,1-3H3,(H,28,29)(H2,24,26,27);1H. The molecule has 0 radical (unpaired) electrons. The Bertz CT molecular complexity index is 1190. The highest BCUT2D eigenvalue weighted by Gasteiger charge is 2.26. The van der Waals surface area contributed by atoms with E-state index in [9.17, 15) is 19.8 Å². The van der Waals surface area contributed by atoms with Crippen LogP contribution in [0.2, 0.25) is 0 Å². The molecule has 4 N–H and O–H groups in total. The Balaban J connectivity index is 0.00000256. The van der Waals surface area contributed by atoms with Crippen molar-refractivity contribution in [3.05, 3.63) is 50.9 Å². The number of H-pyrrole nitrogens is 1. The first-order valence-corrected chi connectivity index (χ1v) is 9.84. The number of aromatic carboxylic acids is 1. The summed E-state index contributed by atoms with van der Waals surface area (Å²) in [5, 5.41) is 24.3. The van der Waals surface area contributed by atoms with Gasteiger partial charge in [-0.05, 0) is 43.0 Å². The number of carboxylic acids is 1. The van der Waals surface area contributed by atoms with Crippen LogP contribution in [0.3, 0.4) is 0 Å². The van der Waals surface area contributed by atoms with Gasteiger partial charge in [0, 0.05) is 47.4 Å². The predicted octanol–water partition coefficient (Wildman–Crippen LogP) is 3.35. The van der Waals surface area contributed by atoms with E-state index in [1.54, 1.807) is 0 Å². The van der Waals surface area contributed by atoms with Gasteiger partial charge in [0.15, 0.2) is 5.56 Å². The van der Waals surface area contributed by atoms with Gasteiger partial charge < -0.3 is 25.1 Å². The van der Waals surface area contributed by atoms with Crippen molar-refractivity contribution in [1.29, 1.82) is 0 Å². The molecule has 0 aliphatic heterocycles. The molecule has 4 rings (SSSR count).